The van der Waals surface area contributed by atoms with Gasteiger partial charge in [0.05, 0.1) is 6.61 Å². The summed E-state index contributed by atoms with van der Waals surface area (Å²) in [5, 5.41) is 3.71. The number of para-hydroxylation sites is 1. The van der Waals surface area contributed by atoms with Crippen LogP contribution >= 0.6 is 0 Å². The van der Waals surface area contributed by atoms with Gasteiger partial charge in [-0.1, -0.05) is 51.3 Å². The lowest BCUT2D eigenvalue weighted by molar-refractivity contribution is 0.260. The summed E-state index contributed by atoms with van der Waals surface area (Å²) in [4.78, 5) is 0. The molecule has 1 aromatic carbocycles. The van der Waals surface area contributed by atoms with Gasteiger partial charge in [-0.2, -0.15) is 0 Å². The smallest absolute Gasteiger partial charge is 0.124 e. The van der Waals surface area contributed by atoms with E-state index in [4.69, 9.17) is 4.74 Å². The minimum Gasteiger partial charge on any atom is -0.493 e. The zero-order valence-electron chi connectivity index (χ0n) is 13.0. The molecule has 1 aliphatic rings. The van der Waals surface area contributed by atoms with E-state index in [1.807, 2.05) is 0 Å². The average molecular weight is 275 g/mol. The summed E-state index contributed by atoms with van der Waals surface area (Å²) in [5.74, 6) is 1.83. The summed E-state index contributed by atoms with van der Waals surface area (Å²) in [5.41, 5.74) is 1.36. The molecule has 0 bridgehead atoms. The maximum atomic E-state index is 5.96. The number of hydrogen-bond acceptors (Lipinski definition) is 2. The normalized spacial score (nSPS) is 17.9. The van der Waals surface area contributed by atoms with Crippen LogP contribution in [0.2, 0.25) is 0 Å². The lowest BCUT2D eigenvalue weighted by atomic mass is 9.81. The van der Waals surface area contributed by atoms with E-state index in [1.54, 1.807) is 0 Å². The van der Waals surface area contributed by atoms with Crippen LogP contribution in [0.3, 0.4) is 0 Å². The second-order valence-corrected chi connectivity index (χ2v) is 5.82. The zero-order valence-corrected chi connectivity index (χ0v) is 13.0. The van der Waals surface area contributed by atoms with E-state index in [1.165, 1.54) is 37.7 Å². The Morgan fingerprint density at radius 3 is 2.60 bits per heavy atom. The maximum absolute atomic E-state index is 5.96. The average Bonchev–Trinajstić information content (AvgIpc) is 2.52. The molecule has 112 valence electrons. The van der Waals surface area contributed by atoms with E-state index in [0.29, 0.717) is 6.04 Å². The third kappa shape index (κ3) is 3.99. The van der Waals surface area contributed by atoms with Gasteiger partial charge in [-0.05, 0) is 37.8 Å². The summed E-state index contributed by atoms with van der Waals surface area (Å²) >= 11 is 0. The van der Waals surface area contributed by atoms with Gasteiger partial charge in [0.15, 0.2) is 0 Å². The predicted octanol–water partition coefficient (Wildman–Crippen LogP) is 4.71. The van der Waals surface area contributed by atoms with E-state index in [2.05, 4.69) is 43.4 Å². The van der Waals surface area contributed by atoms with Crippen LogP contribution in [0.5, 0.6) is 5.75 Å². The molecule has 1 saturated carbocycles. The van der Waals surface area contributed by atoms with Crippen molar-refractivity contribution in [2.45, 2.75) is 58.4 Å². The van der Waals surface area contributed by atoms with Crippen LogP contribution < -0.4 is 10.1 Å². The third-order valence-corrected chi connectivity index (χ3v) is 4.26. The minimum absolute atomic E-state index is 0.452. The predicted molar refractivity (Wildman–Crippen MR) is 85.2 cm³/mol. The molecule has 1 unspecified atom stereocenters. The van der Waals surface area contributed by atoms with Crippen molar-refractivity contribution >= 4 is 0 Å². The first-order valence-corrected chi connectivity index (χ1v) is 8.32. The molecule has 1 aromatic rings. The van der Waals surface area contributed by atoms with E-state index in [0.717, 1.165) is 31.2 Å². The first-order chi connectivity index (χ1) is 9.86. The van der Waals surface area contributed by atoms with Crippen LogP contribution in [0.4, 0.5) is 0 Å². The van der Waals surface area contributed by atoms with Gasteiger partial charge in [-0.15, -0.1) is 0 Å². The Labute approximate surface area is 123 Å². The summed E-state index contributed by atoms with van der Waals surface area (Å²) in [6, 6.07) is 9.04. The number of nitrogens with one attached hydrogen (secondary N) is 1. The lowest BCUT2D eigenvalue weighted by Crippen LogP contribution is -2.30. The molecule has 0 aliphatic heterocycles. The minimum atomic E-state index is 0.452. The Morgan fingerprint density at radius 1 is 1.15 bits per heavy atom. The van der Waals surface area contributed by atoms with Gasteiger partial charge in [-0.3, -0.25) is 0 Å². The number of hydrogen-bond donors (Lipinski definition) is 1. The fraction of sp³-hybridized carbons (Fsp3) is 0.667. The Bertz CT molecular complexity index is 385. The first-order valence-electron chi connectivity index (χ1n) is 8.32. The number of rotatable bonds is 7. The molecule has 2 rings (SSSR count). The molecular weight excluding hydrogens is 246 g/mol. The molecule has 0 amide bonds. The summed E-state index contributed by atoms with van der Waals surface area (Å²) in [6.45, 7) is 6.18. The Balaban J connectivity index is 2.18. The van der Waals surface area contributed by atoms with Crippen molar-refractivity contribution in [2.24, 2.45) is 5.92 Å². The van der Waals surface area contributed by atoms with Crippen molar-refractivity contribution in [1.29, 1.82) is 0 Å². The fourth-order valence-corrected chi connectivity index (χ4v) is 3.30. The molecular formula is C18H29NO. The van der Waals surface area contributed by atoms with Crippen molar-refractivity contribution in [2.75, 3.05) is 13.2 Å². The highest BCUT2D eigenvalue weighted by molar-refractivity contribution is 5.36. The van der Waals surface area contributed by atoms with E-state index >= 15 is 0 Å². The van der Waals surface area contributed by atoms with Gasteiger partial charge in [0, 0.05) is 11.6 Å². The molecule has 1 aliphatic carbocycles. The molecule has 20 heavy (non-hydrogen) atoms. The number of ether oxygens (including phenoxy) is 1. The van der Waals surface area contributed by atoms with Crippen LogP contribution in [-0.2, 0) is 0 Å². The first kappa shape index (κ1) is 15.4. The second-order valence-electron chi connectivity index (χ2n) is 5.82. The van der Waals surface area contributed by atoms with Crippen LogP contribution in [-0.4, -0.2) is 13.2 Å². The Morgan fingerprint density at radius 2 is 1.90 bits per heavy atom. The highest BCUT2D eigenvalue weighted by Gasteiger charge is 2.26. The van der Waals surface area contributed by atoms with Crippen molar-refractivity contribution in [3.8, 4) is 5.75 Å². The van der Waals surface area contributed by atoms with Gasteiger partial charge in [0.1, 0.15) is 5.75 Å². The summed E-state index contributed by atoms with van der Waals surface area (Å²) < 4.78 is 5.96. The van der Waals surface area contributed by atoms with Crippen LogP contribution in [0.1, 0.15) is 64.0 Å². The third-order valence-electron chi connectivity index (χ3n) is 4.26. The second kappa shape index (κ2) is 8.31. The van der Waals surface area contributed by atoms with Gasteiger partial charge in [-0.25, -0.2) is 0 Å². The van der Waals surface area contributed by atoms with Crippen molar-refractivity contribution in [3.05, 3.63) is 29.8 Å². The van der Waals surface area contributed by atoms with E-state index in [-0.39, 0.29) is 0 Å². The van der Waals surface area contributed by atoms with Gasteiger partial charge in [0.25, 0.3) is 0 Å². The molecule has 1 N–H and O–H groups in total. The number of benzene rings is 1. The SMILES string of the molecule is CCCOc1ccccc1C(NCC)C1CCCCC1. The van der Waals surface area contributed by atoms with Crippen LogP contribution in [0.15, 0.2) is 24.3 Å². The zero-order chi connectivity index (χ0) is 14.2. The quantitative estimate of drug-likeness (QED) is 0.778. The monoisotopic (exact) mass is 275 g/mol. The maximum Gasteiger partial charge on any atom is 0.124 e. The van der Waals surface area contributed by atoms with Crippen molar-refractivity contribution < 1.29 is 4.74 Å². The van der Waals surface area contributed by atoms with E-state index < -0.39 is 0 Å². The van der Waals surface area contributed by atoms with Crippen molar-refractivity contribution in [1.82, 2.24) is 5.32 Å². The van der Waals surface area contributed by atoms with Gasteiger partial charge < -0.3 is 10.1 Å². The highest BCUT2D eigenvalue weighted by atomic mass is 16.5. The largest absolute Gasteiger partial charge is 0.493 e. The molecule has 0 spiro atoms. The standard InChI is InChI=1S/C18H29NO/c1-3-14-20-17-13-9-8-12-16(17)18(19-4-2)15-10-6-5-7-11-15/h8-9,12-13,15,18-19H,3-7,10-11,14H2,1-2H3. The molecule has 0 radical (unpaired) electrons. The molecule has 1 fully saturated rings. The summed E-state index contributed by atoms with van der Waals surface area (Å²) in [6.07, 6.45) is 7.92. The Kier molecular flexibility index (Phi) is 6.38. The molecule has 2 heteroatoms. The van der Waals surface area contributed by atoms with Gasteiger partial charge in [0.2, 0.25) is 0 Å². The lowest BCUT2D eigenvalue weighted by Gasteiger charge is -2.32. The van der Waals surface area contributed by atoms with Crippen molar-refractivity contribution in [3.63, 3.8) is 0 Å². The fourth-order valence-electron chi connectivity index (χ4n) is 3.30. The van der Waals surface area contributed by atoms with Crippen LogP contribution in [0.25, 0.3) is 0 Å². The van der Waals surface area contributed by atoms with Gasteiger partial charge >= 0.3 is 0 Å². The van der Waals surface area contributed by atoms with Crippen LogP contribution in [0, 0.1) is 5.92 Å². The van der Waals surface area contributed by atoms with E-state index in [9.17, 15) is 0 Å². The highest BCUT2D eigenvalue weighted by Crippen LogP contribution is 2.37. The molecule has 2 nitrogen and oxygen atoms in total. The molecule has 0 aromatic heterocycles. The Hall–Kier alpha value is -1.02. The molecule has 0 saturated heterocycles. The molecule has 0 heterocycles. The topological polar surface area (TPSA) is 21.3 Å². The summed E-state index contributed by atoms with van der Waals surface area (Å²) in [7, 11) is 0. The molecule has 1 atom stereocenters.